The minimum absolute atomic E-state index is 0.0133. The third kappa shape index (κ3) is 1.69. The van der Waals surface area contributed by atoms with Crippen molar-refractivity contribution >= 4 is 11.0 Å². The van der Waals surface area contributed by atoms with Crippen molar-refractivity contribution in [2.24, 2.45) is 14.1 Å². The Morgan fingerprint density at radius 2 is 1.71 bits per heavy atom. The van der Waals surface area contributed by atoms with Gasteiger partial charge in [-0.3, -0.25) is 9.13 Å². The van der Waals surface area contributed by atoms with Crippen LogP contribution in [0.2, 0.25) is 0 Å². The van der Waals surface area contributed by atoms with Gasteiger partial charge in [0.1, 0.15) is 0 Å². The van der Waals surface area contributed by atoms with E-state index in [-0.39, 0.29) is 11.2 Å². The number of nitrogens with zero attached hydrogens (tertiary/aromatic N) is 2. The molecule has 92 valence electrons. The molecule has 17 heavy (non-hydrogen) atoms. The summed E-state index contributed by atoms with van der Waals surface area (Å²) >= 11 is 0. The van der Waals surface area contributed by atoms with Crippen LogP contribution >= 0.6 is 0 Å². The van der Waals surface area contributed by atoms with Crippen LogP contribution in [0.3, 0.4) is 0 Å². The third-order valence-electron chi connectivity index (χ3n) is 3.62. The number of fused-ring (bicyclic) bond motifs is 1. The van der Waals surface area contributed by atoms with Crippen molar-refractivity contribution in [3.63, 3.8) is 0 Å². The molecule has 0 aliphatic rings. The summed E-state index contributed by atoms with van der Waals surface area (Å²) in [5.74, 6) is 0. The van der Waals surface area contributed by atoms with Gasteiger partial charge in [0.2, 0.25) is 0 Å². The Labute approximate surface area is 101 Å². The number of benzene rings is 1. The van der Waals surface area contributed by atoms with Gasteiger partial charge < -0.3 is 5.32 Å². The largest absolute Gasteiger partial charge is 0.328 e. The molecule has 0 aliphatic carbocycles. The fourth-order valence-electron chi connectivity index (χ4n) is 2.04. The van der Waals surface area contributed by atoms with E-state index in [1.165, 1.54) is 5.56 Å². The SMILES string of the molecule is CNC(C)(C)c1ccc2c(c1)n(C)c(=O)n2C. The molecule has 0 saturated carbocycles. The number of aryl methyl sites for hydroxylation is 2. The molecular weight excluding hydrogens is 214 g/mol. The highest BCUT2D eigenvalue weighted by Crippen LogP contribution is 2.23. The highest BCUT2D eigenvalue weighted by molar-refractivity contribution is 5.77. The molecule has 4 heteroatoms. The van der Waals surface area contributed by atoms with Crippen LogP contribution in [0, 0.1) is 0 Å². The minimum Gasteiger partial charge on any atom is -0.311 e. The van der Waals surface area contributed by atoms with Gasteiger partial charge in [0.25, 0.3) is 0 Å². The number of imidazole rings is 1. The Hall–Kier alpha value is -1.55. The first-order valence-corrected chi connectivity index (χ1v) is 5.73. The Bertz CT molecular complexity index is 619. The first kappa shape index (κ1) is 11.9. The molecule has 1 N–H and O–H groups in total. The van der Waals surface area contributed by atoms with Crippen molar-refractivity contribution < 1.29 is 0 Å². The van der Waals surface area contributed by atoms with Gasteiger partial charge in [0, 0.05) is 19.6 Å². The van der Waals surface area contributed by atoms with E-state index in [1.54, 1.807) is 23.2 Å². The zero-order chi connectivity index (χ0) is 12.8. The van der Waals surface area contributed by atoms with Crippen LogP contribution in [-0.4, -0.2) is 16.2 Å². The number of aromatic nitrogens is 2. The van der Waals surface area contributed by atoms with Gasteiger partial charge in [0.05, 0.1) is 11.0 Å². The molecule has 4 nitrogen and oxygen atoms in total. The van der Waals surface area contributed by atoms with Gasteiger partial charge in [-0.05, 0) is 38.6 Å². The van der Waals surface area contributed by atoms with E-state index in [4.69, 9.17) is 0 Å². The van der Waals surface area contributed by atoms with E-state index in [9.17, 15) is 4.79 Å². The van der Waals surface area contributed by atoms with Gasteiger partial charge in [-0.15, -0.1) is 0 Å². The zero-order valence-corrected chi connectivity index (χ0v) is 11.0. The number of hydrogen-bond acceptors (Lipinski definition) is 2. The first-order chi connectivity index (χ1) is 7.88. The molecule has 0 unspecified atom stereocenters. The van der Waals surface area contributed by atoms with Crippen molar-refractivity contribution in [2.45, 2.75) is 19.4 Å². The summed E-state index contributed by atoms with van der Waals surface area (Å²) in [5.41, 5.74) is 3.03. The Balaban J connectivity index is 2.75. The lowest BCUT2D eigenvalue weighted by Gasteiger charge is -2.24. The fourth-order valence-corrected chi connectivity index (χ4v) is 2.04. The zero-order valence-electron chi connectivity index (χ0n) is 11.0. The van der Waals surface area contributed by atoms with Gasteiger partial charge in [-0.25, -0.2) is 4.79 Å². The molecule has 0 saturated heterocycles. The lowest BCUT2D eigenvalue weighted by molar-refractivity contribution is 0.445. The Morgan fingerprint density at radius 1 is 1.12 bits per heavy atom. The maximum atomic E-state index is 11.8. The standard InChI is InChI=1S/C13H19N3O/c1-13(2,14-3)9-6-7-10-11(8-9)16(5)12(17)15(10)4/h6-8,14H,1-5H3. The molecule has 0 fully saturated rings. The van der Waals surface area contributed by atoms with Crippen molar-refractivity contribution in [1.29, 1.82) is 0 Å². The number of nitrogens with one attached hydrogen (secondary N) is 1. The second-order valence-corrected chi connectivity index (χ2v) is 4.98. The topological polar surface area (TPSA) is 39.0 Å². The highest BCUT2D eigenvalue weighted by Gasteiger charge is 2.19. The van der Waals surface area contributed by atoms with Crippen LogP contribution in [0.5, 0.6) is 0 Å². The average molecular weight is 233 g/mol. The predicted octanol–water partition coefficient (Wildman–Crippen LogP) is 1.33. The monoisotopic (exact) mass is 233 g/mol. The lowest BCUT2D eigenvalue weighted by Crippen LogP contribution is -2.33. The van der Waals surface area contributed by atoms with Crippen LogP contribution in [0.1, 0.15) is 19.4 Å². The lowest BCUT2D eigenvalue weighted by atomic mass is 9.94. The summed E-state index contributed by atoms with van der Waals surface area (Å²) in [4.78, 5) is 11.8. The van der Waals surface area contributed by atoms with E-state index in [0.717, 1.165) is 11.0 Å². The molecule has 0 atom stereocenters. The fraction of sp³-hybridized carbons (Fsp3) is 0.462. The van der Waals surface area contributed by atoms with E-state index in [1.807, 2.05) is 13.1 Å². The molecule has 0 amide bonds. The van der Waals surface area contributed by atoms with E-state index < -0.39 is 0 Å². The molecule has 2 aromatic rings. The normalized spacial score (nSPS) is 12.3. The summed E-state index contributed by atoms with van der Waals surface area (Å²) in [6, 6.07) is 6.15. The molecule has 0 bridgehead atoms. The molecular formula is C13H19N3O. The van der Waals surface area contributed by atoms with Gasteiger partial charge in [0.15, 0.2) is 0 Å². The quantitative estimate of drug-likeness (QED) is 0.850. The van der Waals surface area contributed by atoms with Gasteiger partial charge in [-0.1, -0.05) is 6.07 Å². The Kier molecular flexibility index (Phi) is 2.62. The highest BCUT2D eigenvalue weighted by atomic mass is 16.1. The van der Waals surface area contributed by atoms with Gasteiger partial charge >= 0.3 is 5.69 Å². The van der Waals surface area contributed by atoms with Crippen LogP contribution in [0.25, 0.3) is 11.0 Å². The Morgan fingerprint density at radius 3 is 2.29 bits per heavy atom. The van der Waals surface area contributed by atoms with Crippen molar-refractivity contribution in [3.8, 4) is 0 Å². The van der Waals surface area contributed by atoms with Crippen molar-refractivity contribution in [1.82, 2.24) is 14.5 Å². The minimum atomic E-state index is -0.0971. The van der Waals surface area contributed by atoms with Crippen LogP contribution < -0.4 is 11.0 Å². The maximum Gasteiger partial charge on any atom is 0.328 e. The summed E-state index contributed by atoms with van der Waals surface area (Å²) < 4.78 is 3.36. The number of hydrogen-bond donors (Lipinski definition) is 1. The first-order valence-electron chi connectivity index (χ1n) is 5.73. The van der Waals surface area contributed by atoms with Gasteiger partial charge in [-0.2, -0.15) is 0 Å². The second kappa shape index (κ2) is 3.74. The number of rotatable bonds is 2. The maximum absolute atomic E-state index is 11.8. The molecule has 0 spiro atoms. The summed E-state index contributed by atoms with van der Waals surface area (Å²) in [5, 5.41) is 3.27. The average Bonchev–Trinajstić information content (AvgIpc) is 2.54. The third-order valence-corrected chi connectivity index (χ3v) is 3.62. The summed E-state index contributed by atoms with van der Waals surface area (Å²) in [7, 11) is 5.54. The van der Waals surface area contributed by atoms with Crippen molar-refractivity contribution in [3.05, 3.63) is 34.2 Å². The molecule has 0 radical (unpaired) electrons. The van der Waals surface area contributed by atoms with E-state index in [0.29, 0.717) is 0 Å². The summed E-state index contributed by atoms with van der Waals surface area (Å²) in [6.45, 7) is 4.24. The van der Waals surface area contributed by atoms with E-state index >= 15 is 0 Å². The summed E-state index contributed by atoms with van der Waals surface area (Å²) in [6.07, 6.45) is 0. The second-order valence-electron chi connectivity index (χ2n) is 4.98. The molecule has 1 aromatic heterocycles. The van der Waals surface area contributed by atoms with Crippen LogP contribution in [0.4, 0.5) is 0 Å². The van der Waals surface area contributed by atoms with Crippen LogP contribution in [-0.2, 0) is 19.6 Å². The van der Waals surface area contributed by atoms with E-state index in [2.05, 4.69) is 31.3 Å². The van der Waals surface area contributed by atoms with Crippen molar-refractivity contribution in [2.75, 3.05) is 7.05 Å². The smallest absolute Gasteiger partial charge is 0.311 e. The molecule has 0 aliphatic heterocycles. The molecule has 1 heterocycles. The molecule has 2 rings (SSSR count). The molecule has 1 aromatic carbocycles. The predicted molar refractivity (Wildman–Crippen MR) is 70.2 cm³/mol. The van der Waals surface area contributed by atoms with Crippen LogP contribution in [0.15, 0.2) is 23.0 Å².